The van der Waals surface area contributed by atoms with E-state index in [0.717, 1.165) is 12.0 Å². The van der Waals surface area contributed by atoms with E-state index in [9.17, 15) is 9.90 Å². The van der Waals surface area contributed by atoms with Crippen LogP contribution >= 0.6 is 0 Å². The Morgan fingerprint density at radius 3 is 3.12 bits per heavy atom. The van der Waals surface area contributed by atoms with Gasteiger partial charge in [-0.15, -0.1) is 0 Å². The van der Waals surface area contributed by atoms with Crippen LogP contribution in [0.3, 0.4) is 0 Å². The van der Waals surface area contributed by atoms with Crippen LogP contribution in [0.5, 0.6) is 0 Å². The molecule has 0 amide bonds. The van der Waals surface area contributed by atoms with E-state index < -0.39 is 6.10 Å². The summed E-state index contributed by atoms with van der Waals surface area (Å²) in [7, 11) is 0. The SMILES string of the molecule is CCOC(=O)/C=C/CCC(O)C1=CCC=C1. The average molecular weight is 222 g/mol. The molecule has 0 spiro atoms. The molecule has 1 unspecified atom stereocenters. The van der Waals surface area contributed by atoms with Gasteiger partial charge in [-0.25, -0.2) is 4.79 Å². The molecule has 1 atom stereocenters. The number of hydrogen-bond donors (Lipinski definition) is 1. The Morgan fingerprint density at radius 2 is 2.50 bits per heavy atom. The maximum Gasteiger partial charge on any atom is 0.330 e. The molecule has 0 heterocycles. The molecule has 3 heteroatoms. The van der Waals surface area contributed by atoms with Crippen molar-refractivity contribution in [2.24, 2.45) is 0 Å². The molecule has 88 valence electrons. The Morgan fingerprint density at radius 1 is 1.69 bits per heavy atom. The van der Waals surface area contributed by atoms with Gasteiger partial charge in [-0.2, -0.15) is 0 Å². The first-order valence-electron chi connectivity index (χ1n) is 5.62. The minimum absolute atomic E-state index is 0.322. The molecular weight excluding hydrogens is 204 g/mol. The molecule has 0 saturated heterocycles. The van der Waals surface area contributed by atoms with Crippen LogP contribution < -0.4 is 0 Å². The van der Waals surface area contributed by atoms with E-state index >= 15 is 0 Å². The van der Waals surface area contributed by atoms with E-state index in [1.807, 2.05) is 18.2 Å². The smallest absolute Gasteiger partial charge is 0.330 e. The van der Waals surface area contributed by atoms with Gasteiger partial charge >= 0.3 is 5.97 Å². The van der Waals surface area contributed by atoms with Crippen LogP contribution in [0.1, 0.15) is 26.2 Å². The Bertz CT molecular complexity index is 313. The normalized spacial score (nSPS) is 16.5. The molecule has 1 aliphatic rings. The fourth-order valence-corrected chi connectivity index (χ4v) is 1.51. The van der Waals surface area contributed by atoms with Crippen molar-refractivity contribution in [2.75, 3.05) is 6.61 Å². The fourth-order valence-electron chi connectivity index (χ4n) is 1.51. The molecule has 16 heavy (non-hydrogen) atoms. The number of carbonyl (C=O) groups excluding carboxylic acids is 1. The lowest BCUT2D eigenvalue weighted by molar-refractivity contribution is -0.137. The second-order valence-electron chi connectivity index (χ2n) is 3.59. The molecule has 0 fully saturated rings. The van der Waals surface area contributed by atoms with E-state index in [4.69, 9.17) is 4.74 Å². The number of aliphatic hydroxyl groups excluding tert-OH is 1. The Balaban J connectivity index is 2.19. The summed E-state index contributed by atoms with van der Waals surface area (Å²) >= 11 is 0. The first kappa shape index (κ1) is 12.7. The molecule has 0 aliphatic heterocycles. The first-order valence-corrected chi connectivity index (χ1v) is 5.62. The van der Waals surface area contributed by atoms with Crippen LogP contribution in [0.15, 0.2) is 36.0 Å². The fraction of sp³-hybridized carbons (Fsp3) is 0.462. The van der Waals surface area contributed by atoms with Gasteiger partial charge in [-0.3, -0.25) is 0 Å². The Labute approximate surface area is 96.1 Å². The topological polar surface area (TPSA) is 46.5 Å². The highest BCUT2D eigenvalue weighted by atomic mass is 16.5. The summed E-state index contributed by atoms with van der Waals surface area (Å²) < 4.78 is 4.74. The highest BCUT2D eigenvalue weighted by Gasteiger charge is 2.08. The number of hydrogen-bond acceptors (Lipinski definition) is 3. The lowest BCUT2D eigenvalue weighted by Gasteiger charge is -2.08. The average Bonchev–Trinajstić information content (AvgIpc) is 2.78. The van der Waals surface area contributed by atoms with Gasteiger partial charge in [0.1, 0.15) is 0 Å². The van der Waals surface area contributed by atoms with Crippen molar-refractivity contribution in [3.05, 3.63) is 36.0 Å². The van der Waals surface area contributed by atoms with Crippen molar-refractivity contribution in [1.29, 1.82) is 0 Å². The molecule has 0 aromatic carbocycles. The molecule has 0 saturated carbocycles. The molecule has 0 aromatic heterocycles. The van der Waals surface area contributed by atoms with Crippen molar-refractivity contribution >= 4 is 5.97 Å². The van der Waals surface area contributed by atoms with E-state index in [1.54, 1.807) is 13.0 Å². The minimum Gasteiger partial charge on any atom is -0.463 e. The van der Waals surface area contributed by atoms with Gasteiger partial charge in [0.25, 0.3) is 0 Å². The molecular formula is C13H18O3. The van der Waals surface area contributed by atoms with Crippen LogP contribution in [0.4, 0.5) is 0 Å². The third-order valence-electron chi connectivity index (χ3n) is 2.33. The lowest BCUT2D eigenvalue weighted by atomic mass is 10.1. The third kappa shape index (κ3) is 4.45. The predicted molar refractivity (Wildman–Crippen MR) is 62.9 cm³/mol. The van der Waals surface area contributed by atoms with Crippen molar-refractivity contribution in [2.45, 2.75) is 32.3 Å². The summed E-state index contributed by atoms with van der Waals surface area (Å²) in [6.45, 7) is 2.16. The number of carbonyl (C=O) groups is 1. The number of aliphatic hydroxyl groups is 1. The zero-order chi connectivity index (χ0) is 11.8. The third-order valence-corrected chi connectivity index (χ3v) is 2.33. The Hall–Kier alpha value is -1.35. The molecule has 1 aliphatic carbocycles. The number of ether oxygens (including phenoxy) is 1. The van der Waals surface area contributed by atoms with Gasteiger partial charge in [0.15, 0.2) is 0 Å². The highest BCUT2D eigenvalue weighted by Crippen LogP contribution is 2.16. The highest BCUT2D eigenvalue weighted by molar-refractivity contribution is 5.81. The quantitative estimate of drug-likeness (QED) is 0.553. The maximum atomic E-state index is 10.9. The second-order valence-corrected chi connectivity index (χ2v) is 3.59. The number of rotatable bonds is 6. The summed E-state index contributed by atoms with van der Waals surface area (Å²) in [5.74, 6) is -0.322. The summed E-state index contributed by atoms with van der Waals surface area (Å²) in [6, 6.07) is 0. The zero-order valence-corrected chi connectivity index (χ0v) is 9.56. The monoisotopic (exact) mass is 222 g/mol. The van der Waals surface area contributed by atoms with Crippen LogP contribution in [-0.4, -0.2) is 23.8 Å². The van der Waals surface area contributed by atoms with Gasteiger partial charge in [0.05, 0.1) is 12.7 Å². The van der Waals surface area contributed by atoms with Crippen LogP contribution in [0, 0.1) is 0 Å². The summed E-state index contributed by atoms with van der Waals surface area (Å²) in [4.78, 5) is 10.9. The molecule has 1 rings (SSSR count). The van der Waals surface area contributed by atoms with Gasteiger partial charge < -0.3 is 9.84 Å². The second kappa shape index (κ2) is 7.01. The van der Waals surface area contributed by atoms with Crippen molar-refractivity contribution < 1.29 is 14.6 Å². The van der Waals surface area contributed by atoms with Gasteiger partial charge in [0, 0.05) is 6.08 Å². The molecule has 0 aromatic rings. The van der Waals surface area contributed by atoms with E-state index in [2.05, 4.69) is 0 Å². The van der Waals surface area contributed by atoms with E-state index in [1.165, 1.54) is 6.08 Å². The summed E-state index contributed by atoms with van der Waals surface area (Å²) in [6.07, 6.45) is 10.9. The van der Waals surface area contributed by atoms with Gasteiger partial charge in [0.2, 0.25) is 0 Å². The molecule has 1 N–H and O–H groups in total. The van der Waals surface area contributed by atoms with Crippen molar-refractivity contribution in [1.82, 2.24) is 0 Å². The Kier molecular flexibility index (Phi) is 5.57. The van der Waals surface area contributed by atoms with Crippen LogP contribution in [0.25, 0.3) is 0 Å². The first-order chi connectivity index (χ1) is 7.74. The van der Waals surface area contributed by atoms with Gasteiger partial charge in [-0.1, -0.05) is 24.3 Å². The number of allylic oxidation sites excluding steroid dienone is 3. The standard InChI is InChI=1S/C13H18O3/c1-2-16-13(15)10-6-5-9-12(14)11-7-3-4-8-11/h3,6-8,10,12,14H,2,4-5,9H2,1H3/b10-6+. The zero-order valence-electron chi connectivity index (χ0n) is 9.56. The molecule has 3 nitrogen and oxygen atoms in total. The summed E-state index contributed by atoms with van der Waals surface area (Å²) in [5, 5.41) is 9.75. The maximum absolute atomic E-state index is 10.9. The van der Waals surface area contributed by atoms with E-state index in [0.29, 0.717) is 19.4 Å². The largest absolute Gasteiger partial charge is 0.463 e. The van der Waals surface area contributed by atoms with E-state index in [-0.39, 0.29) is 5.97 Å². The van der Waals surface area contributed by atoms with Gasteiger partial charge in [-0.05, 0) is 31.8 Å². The molecule has 0 radical (unpaired) electrons. The van der Waals surface area contributed by atoms with Crippen molar-refractivity contribution in [3.8, 4) is 0 Å². The minimum atomic E-state index is -0.425. The van der Waals surface area contributed by atoms with Crippen molar-refractivity contribution in [3.63, 3.8) is 0 Å². The predicted octanol–water partition coefficient (Wildman–Crippen LogP) is 2.13. The molecule has 0 bridgehead atoms. The lowest BCUT2D eigenvalue weighted by Crippen LogP contribution is -2.07. The van der Waals surface area contributed by atoms with Crippen LogP contribution in [-0.2, 0) is 9.53 Å². The van der Waals surface area contributed by atoms with Crippen LogP contribution in [0.2, 0.25) is 0 Å². The number of esters is 1. The summed E-state index contributed by atoms with van der Waals surface area (Å²) in [5.41, 5.74) is 0.976.